The summed E-state index contributed by atoms with van der Waals surface area (Å²) in [5.74, 6) is -1.15. The zero-order valence-electron chi connectivity index (χ0n) is 21.7. The number of fused-ring (bicyclic) bond motifs is 2. The number of ether oxygens (including phenoxy) is 3. The third-order valence-corrected chi connectivity index (χ3v) is 6.72. The summed E-state index contributed by atoms with van der Waals surface area (Å²) in [6.07, 6.45) is 6.34. The molecule has 3 atom stereocenters. The van der Waals surface area contributed by atoms with Gasteiger partial charge in [-0.15, -0.1) is 0 Å². The van der Waals surface area contributed by atoms with E-state index in [1.54, 1.807) is 27.8 Å². The zero-order valence-corrected chi connectivity index (χ0v) is 21.7. The number of aliphatic carboxylic acids is 1. The summed E-state index contributed by atoms with van der Waals surface area (Å²) in [5, 5.41) is 10.9. The Kier molecular flexibility index (Phi) is 6.43. The molecule has 3 aromatic rings. The maximum atomic E-state index is 13.8. The van der Waals surface area contributed by atoms with Crippen molar-refractivity contribution in [1.82, 2.24) is 9.13 Å². The first-order valence-corrected chi connectivity index (χ1v) is 12.3. The number of carbonyl (C=O) groups is 1. The molecule has 194 valence electrons. The van der Waals surface area contributed by atoms with Crippen molar-refractivity contribution in [2.24, 2.45) is 7.05 Å². The van der Waals surface area contributed by atoms with E-state index in [9.17, 15) is 14.7 Å². The van der Waals surface area contributed by atoms with Crippen molar-refractivity contribution in [1.29, 1.82) is 0 Å². The SMILES string of the molecule is Cc1ccc(-c2c(C(OC(C)(C)C)C(=O)O)n(C)c(=O)c3c2ccn3CC2=CC3OCOC3C=C2)cc1. The van der Waals surface area contributed by atoms with E-state index >= 15 is 0 Å². The van der Waals surface area contributed by atoms with Gasteiger partial charge in [-0.1, -0.05) is 42.0 Å². The molecule has 1 aromatic carbocycles. The van der Waals surface area contributed by atoms with Gasteiger partial charge in [0.25, 0.3) is 5.56 Å². The lowest BCUT2D eigenvalue weighted by molar-refractivity contribution is -0.161. The minimum absolute atomic E-state index is 0.0792. The van der Waals surface area contributed by atoms with Gasteiger partial charge in [0.1, 0.15) is 24.5 Å². The highest BCUT2D eigenvalue weighted by molar-refractivity contribution is 5.98. The molecule has 8 heteroatoms. The van der Waals surface area contributed by atoms with Crippen LogP contribution < -0.4 is 5.56 Å². The molecule has 3 unspecified atom stereocenters. The smallest absolute Gasteiger partial charge is 0.339 e. The van der Waals surface area contributed by atoms with Gasteiger partial charge < -0.3 is 28.5 Å². The van der Waals surface area contributed by atoms with Crippen LogP contribution in [-0.2, 0) is 32.6 Å². The number of pyridine rings is 1. The second kappa shape index (κ2) is 9.45. The van der Waals surface area contributed by atoms with Crippen molar-refractivity contribution >= 4 is 16.9 Å². The van der Waals surface area contributed by atoms with Gasteiger partial charge in [0, 0.05) is 30.7 Å². The molecule has 0 bridgehead atoms. The number of hydrogen-bond donors (Lipinski definition) is 1. The first-order chi connectivity index (χ1) is 17.5. The van der Waals surface area contributed by atoms with Gasteiger partial charge in [0.2, 0.25) is 0 Å². The molecular weight excluding hydrogens is 472 g/mol. The van der Waals surface area contributed by atoms with Crippen LogP contribution in [-0.4, -0.2) is 44.8 Å². The van der Waals surface area contributed by atoms with Crippen LogP contribution in [0.2, 0.25) is 0 Å². The molecule has 2 aromatic heterocycles. The van der Waals surface area contributed by atoms with E-state index < -0.39 is 17.7 Å². The molecule has 37 heavy (non-hydrogen) atoms. The van der Waals surface area contributed by atoms with Gasteiger partial charge in [-0.05, 0) is 51.0 Å². The molecule has 1 fully saturated rings. The number of nitrogens with zero attached hydrogens (tertiary/aromatic N) is 2. The first kappa shape index (κ1) is 25.2. The maximum Gasteiger partial charge on any atom is 0.339 e. The number of rotatable bonds is 6. The van der Waals surface area contributed by atoms with Crippen LogP contribution in [0.4, 0.5) is 0 Å². The monoisotopic (exact) mass is 504 g/mol. The Morgan fingerprint density at radius 3 is 2.54 bits per heavy atom. The van der Waals surface area contributed by atoms with Crippen LogP contribution >= 0.6 is 0 Å². The Morgan fingerprint density at radius 1 is 1.16 bits per heavy atom. The molecule has 1 aliphatic carbocycles. The first-order valence-electron chi connectivity index (χ1n) is 12.3. The Hall–Kier alpha value is -3.46. The van der Waals surface area contributed by atoms with E-state index in [-0.39, 0.29) is 24.6 Å². The number of allylic oxidation sites excluding steroid dienone is 2. The fourth-order valence-corrected chi connectivity index (χ4v) is 5.01. The highest BCUT2D eigenvalue weighted by Crippen LogP contribution is 2.37. The molecule has 1 saturated heterocycles. The standard InChI is InChI=1S/C29H32N2O6/c1-17-6-9-19(10-7-17)23-20-12-13-31(15-18-8-11-21-22(14-18)36-16-35-21)24(20)27(32)30(5)25(23)26(28(33)34)37-29(2,3)4/h6-14,21-22,26H,15-16H2,1-5H3,(H,33,34). The van der Waals surface area contributed by atoms with Gasteiger partial charge in [-0.2, -0.15) is 0 Å². The van der Waals surface area contributed by atoms with Crippen LogP contribution in [0.15, 0.2) is 65.1 Å². The van der Waals surface area contributed by atoms with Gasteiger partial charge in [-0.25, -0.2) is 4.79 Å². The molecule has 0 spiro atoms. The summed E-state index contributed by atoms with van der Waals surface area (Å²) < 4.78 is 20.5. The van der Waals surface area contributed by atoms with Crippen LogP contribution in [0.1, 0.15) is 38.1 Å². The summed E-state index contributed by atoms with van der Waals surface area (Å²) >= 11 is 0. The van der Waals surface area contributed by atoms with Crippen molar-refractivity contribution in [3.63, 3.8) is 0 Å². The predicted octanol–water partition coefficient (Wildman–Crippen LogP) is 4.49. The van der Waals surface area contributed by atoms with E-state index in [1.807, 2.05) is 66.2 Å². The van der Waals surface area contributed by atoms with Crippen molar-refractivity contribution in [2.75, 3.05) is 6.79 Å². The van der Waals surface area contributed by atoms with Crippen LogP contribution in [0.25, 0.3) is 22.0 Å². The average molecular weight is 505 g/mol. The maximum absolute atomic E-state index is 13.8. The zero-order chi connectivity index (χ0) is 26.5. The fraction of sp³-hybridized carbons (Fsp3) is 0.379. The molecule has 5 rings (SSSR count). The normalized spacial score (nSPS) is 20.2. The largest absolute Gasteiger partial charge is 0.479 e. The van der Waals surface area contributed by atoms with Crippen molar-refractivity contribution < 1.29 is 24.1 Å². The molecular formula is C29H32N2O6. The minimum atomic E-state index is -1.33. The molecule has 0 radical (unpaired) electrons. The number of carboxylic acids is 1. The second-order valence-electron chi connectivity index (χ2n) is 10.6. The van der Waals surface area contributed by atoms with Crippen LogP contribution in [0.3, 0.4) is 0 Å². The lowest BCUT2D eigenvalue weighted by Crippen LogP contribution is -2.33. The quantitative estimate of drug-likeness (QED) is 0.532. The molecule has 3 heterocycles. The number of carboxylic acid groups (broad SMARTS) is 1. The van der Waals surface area contributed by atoms with Crippen molar-refractivity contribution in [2.45, 2.75) is 58.2 Å². The Labute approximate surface area is 215 Å². The molecule has 1 N–H and O–H groups in total. The molecule has 1 aliphatic heterocycles. The Morgan fingerprint density at radius 2 is 1.86 bits per heavy atom. The Balaban J connectivity index is 1.71. The van der Waals surface area contributed by atoms with E-state index in [4.69, 9.17) is 14.2 Å². The fourth-order valence-electron chi connectivity index (χ4n) is 5.01. The summed E-state index contributed by atoms with van der Waals surface area (Å²) in [6, 6.07) is 9.75. The number of hydrogen-bond acceptors (Lipinski definition) is 5. The summed E-state index contributed by atoms with van der Waals surface area (Å²) in [5.41, 5.74) is 3.37. The molecule has 0 saturated carbocycles. The minimum Gasteiger partial charge on any atom is -0.479 e. The Bertz CT molecular complexity index is 1470. The van der Waals surface area contributed by atoms with Crippen LogP contribution in [0, 0.1) is 6.92 Å². The van der Waals surface area contributed by atoms with Gasteiger partial charge >= 0.3 is 5.97 Å². The van der Waals surface area contributed by atoms with E-state index in [0.717, 1.165) is 16.7 Å². The lowest BCUT2D eigenvalue weighted by Gasteiger charge is -2.28. The third-order valence-electron chi connectivity index (χ3n) is 6.72. The summed E-state index contributed by atoms with van der Waals surface area (Å²) in [6.45, 7) is 8.13. The number of aromatic nitrogens is 2. The molecule has 0 amide bonds. The van der Waals surface area contributed by atoms with Gasteiger partial charge in [0.05, 0.1) is 11.3 Å². The van der Waals surface area contributed by atoms with Gasteiger partial charge in [0.15, 0.2) is 6.10 Å². The number of benzene rings is 1. The predicted molar refractivity (Wildman–Crippen MR) is 140 cm³/mol. The van der Waals surface area contributed by atoms with E-state index in [1.165, 1.54) is 4.57 Å². The van der Waals surface area contributed by atoms with E-state index in [2.05, 4.69) is 0 Å². The third kappa shape index (κ3) is 4.80. The highest BCUT2D eigenvalue weighted by Gasteiger charge is 2.34. The van der Waals surface area contributed by atoms with Crippen molar-refractivity contribution in [3.8, 4) is 11.1 Å². The van der Waals surface area contributed by atoms with Crippen molar-refractivity contribution in [3.05, 3.63) is 81.9 Å². The average Bonchev–Trinajstić information content (AvgIpc) is 3.47. The molecule has 2 aliphatic rings. The highest BCUT2D eigenvalue weighted by atomic mass is 16.7. The summed E-state index contributed by atoms with van der Waals surface area (Å²) in [4.78, 5) is 26.3. The number of aryl methyl sites for hydroxylation is 1. The topological polar surface area (TPSA) is 91.9 Å². The lowest BCUT2D eigenvalue weighted by atomic mass is 9.95. The van der Waals surface area contributed by atoms with Gasteiger partial charge in [-0.3, -0.25) is 4.79 Å². The van der Waals surface area contributed by atoms with E-state index in [0.29, 0.717) is 28.7 Å². The summed E-state index contributed by atoms with van der Waals surface area (Å²) in [7, 11) is 1.61. The van der Waals surface area contributed by atoms with Crippen LogP contribution in [0.5, 0.6) is 0 Å². The second-order valence-corrected chi connectivity index (χ2v) is 10.6. The molecule has 8 nitrogen and oxygen atoms in total.